The zero-order chi connectivity index (χ0) is 20.9. The quantitative estimate of drug-likeness (QED) is 0.569. The molecule has 2 aromatic carbocycles. The summed E-state index contributed by atoms with van der Waals surface area (Å²) in [5.74, 6) is 0.137. The van der Waals surface area contributed by atoms with Gasteiger partial charge < -0.3 is 4.90 Å². The van der Waals surface area contributed by atoms with Crippen molar-refractivity contribution in [1.29, 1.82) is 0 Å². The SMILES string of the molecule is Cc1ccc(-n2nnnc2SC(C)C(=O)N2CCN(Cc3ccccc3)CC2)cc1. The molecular formula is C22H26N6OS. The number of carbonyl (C=O) groups excluding carboxylic acids is 1. The maximum Gasteiger partial charge on any atom is 0.235 e. The van der Waals surface area contributed by atoms with E-state index in [-0.39, 0.29) is 11.2 Å². The van der Waals surface area contributed by atoms with Gasteiger partial charge in [-0.15, -0.1) is 5.10 Å². The maximum atomic E-state index is 13.0. The van der Waals surface area contributed by atoms with Crippen molar-refractivity contribution in [2.45, 2.75) is 30.8 Å². The standard InChI is InChI=1S/C22H26N6OS/c1-17-8-10-20(11-9-17)28-22(23-24-25-28)30-18(2)21(29)27-14-12-26(13-15-27)16-19-6-4-3-5-7-19/h3-11,18H,12-16H2,1-2H3. The molecule has 1 aliphatic heterocycles. The van der Waals surface area contributed by atoms with Crippen LogP contribution in [0, 0.1) is 6.92 Å². The number of tetrazole rings is 1. The second kappa shape index (κ2) is 9.40. The summed E-state index contributed by atoms with van der Waals surface area (Å²) < 4.78 is 1.69. The number of aromatic nitrogens is 4. The summed E-state index contributed by atoms with van der Waals surface area (Å²) in [6, 6.07) is 18.5. The zero-order valence-electron chi connectivity index (χ0n) is 17.3. The molecule has 1 fully saturated rings. The smallest absolute Gasteiger partial charge is 0.235 e. The van der Waals surface area contributed by atoms with Crippen molar-refractivity contribution in [3.05, 3.63) is 65.7 Å². The number of thioether (sulfide) groups is 1. The normalized spacial score (nSPS) is 15.9. The zero-order valence-corrected chi connectivity index (χ0v) is 18.1. The Morgan fingerprint density at radius 3 is 2.43 bits per heavy atom. The summed E-state index contributed by atoms with van der Waals surface area (Å²) in [4.78, 5) is 17.3. The van der Waals surface area contributed by atoms with Gasteiger partial charge in [0, 0.05) is 32.7 Å². The third-order valence-corrected chi connectivity index (χ3v) is 6.30. The molecule has 0 radical (unpaired) electrons. The molecule has 7 nitrogen and oxygen atoms in total. The van der Waals surface area contributed by atoms with Gasteiger partial charge in [-0.3, -0.25) is 9.69 Å². The average Bonchev–Trinajstić information content (AvgIpc) is 3.23. The highest BCUT2D eigenvalue weighted by Gasteiger charge is 2.27. The van der Waals surface area contributed by atoms with E-state index in [9.17, 15) is 4.79 Å². The van der Waals surface area contributed by atoms with Crippen molar-refractivity contribution in [1.82, 2.24) is 30.0 Å². The van der Waals surface area contributed by atoms with Crippen molar-refractivity contribution in [3.63, 3.8) is 0 Å². The van der Waals surface area contributed by atoms with E-state index in [4.69, 9.17) is 0 Å². The third-order valence-electron chi connectivity index (χ3n) is 5.28. The molecule has 156 valence electrons. The van der Waals surface area contributed by atoms with Crippen molar-refractivity contribution < 1.29 is 4.79 Å². The van der Waals surface area contributed by atoms with Crippen molar-refractivity contribution in [3.8, 4) is 5.69 Å². The Balaban J connectivity index is 1.33. The number of benzene rings is 2. The van der Waals surface area contributed by atoms with Gasteiger partial charge in [0.25, 0.3) is 0 Å². The Kier molecular flexibility index (Phi) is 6.44. The minimum absolute atomic E-state index is 0.137. The van der Waals surface area contributed by atoms with Gasteiger partial charge >= 0.3 is 0 Å². The highest BCUT2D eigenvalue weighted by atomic mass is 32.2. The predicted molar refractivity (Wildman–Crippen MR) is 118 cm³/mol. The molecule has 3 aromatic rings. The van der Waals surface area contributed by atoms with Crippen LogP contribution in [-0.2, 0) is 11.3 Å². The highest BCUT2D eigenvalue weighted by molar-refractivity contribution is 8.00. The number of nitrogens with zero attached hydrogens (tertiary/aromatic N) is 6. The molecular weight excluding hydrogens is 396 g/mol. The fourth-order valence-corrected chi connectivity index (χ4v) is 4.43. The minimum atomic E-state index is -0.249. The van der Waals surface area contributed by atoms with E-state index in [1.165, 1.54) is 22.9 Å². The first-order valence-electron chi connectivity index (χ1n) is 10.2. The summed E-state index contributed by atoms with van der Waals surface area (Å²) in [6.07, 6.45) is 0. The van der Waals surface area contributed by atoms with Crippen molar-refractivity contribution in [2.24, 2.45) is 0 Å². The van der Waals surface area contributed by atoms with Gasteiger partial charge in [-0.05, 0) is 42.0 Å². The molecule has 1 unspecified atom stereocenters. The number of aryl methyl sites for hydroxylation is 1. The molecule has 30 heavy (non-hydrogen) atoms. The Labute approximate surface area is 181 Å². The monoisotopic (exact) mass is 422 g/mol. The number of hydrogen-bond donors (Lipinski definition) is 0. The second-order valence-electron chi connectivity index (χ2n) is 7.56. The molecule has 0 N–H and O–H groups in total. The lowest BCUT2D eigenvalue weighted by molar-refractivity contribution is -0.132. The van der Waals surface area contributed by atoms with Crippen LogP contribution in [0.1, 0.15) is 18.1 Å². The molecule has 0 bridgehead atoms. The highest BCUT2D eigenvalue weighted by Crippen LogP contribution is 2.24. The topological polar surface area (TPSA) is 67.2 Å². The molecule has 1 saturated heterocycles. The van der Waals surface area contributed by atoms with Crippen LogP contribution in [0.25, 0.3) is 5.69 Å². The lowest BCUT2D eigenvalue weighted by Crippen LogP contribution is -2.50. The van der Waals surface area contributed by atoms with Gasteiger partial charge in [-0.2, -0.15) is 4.68 Å². The first kappa shape index (κ1) is 20.6. The minimum Gasteiger partial charge on any atom is -0.339 e. The fourth-order valence-electron chi connectivity index (χ4n) is 3.53. The van der Waals surface area contributed by atoms with Crippen LogP contribution in [0.2, 0.25) is 0 Å². The number of piperazine rings is 1. The summed E-state index contributed by atoms with van der Waals surface area (Å²) in [7, 11) is 0. The lowest BCUT2D eigenvalue weighted by atomic mass is 10.2. The summed E-state index contributed by atoms with van der Waals surface area (Å²) >= 11 is 1.40. The Morgan fingerprint density at radius 2 is 1.73 bits per heavy atom. The molecule has 1 aliphatic rings. The van der Waals surface area contributed by atoms with Gasteiger partial charge in [0.05, 0.1) is 10.9 Å². The van der Waals surface area contributed by atoms with Crippen LogP contribution in [0.5, 0.6) is 0 Å². The van der Waals surface area contributed by atoms with E-state index >= 15 is 0 Å². The summed E-state index contributed by atoms with van der Waals surface area (Å²) in [5, 5.41) is 12.4. The summed E-state index contributed by atoms with van der Waals surface area (Å²) in [6.45, 7) is 8.17. The molecule has 1 atom stereocenters. The molecule has 0 spiro atoms. The van der Waals surface area contributed by atoms with Gasteiger partial charge in [-0.25, -0.2) is 0 Å². The Bertz CT molecular complexity index is 967. The van der Waals surface area contributed by atoms with Crippen LogP contribution >= 0.6 is 11.8 Å². The van der Waals surface area contributed by atoms with E-state index in [2.05, 4.69) is 44.7 Å². The van der Waals surface area contributed by atoms with Crippen molar-refractivity contribution >= 4 is 17.7 Å². The van der Waals surface area contributed by atoms with Crippen LogP contribution in [0.15, 0.2) is 59.8 Å². The van der Waals surface area contributed by atoms with Gasteiger partial charge in [0.15, 0.2) is 0 Å². The largest absolute Gasteiger partial charge is 0.339 e. The Morgan fingerprint density at radius 1 is 1.03 bits per heavy atom. The molecule has 1 amide bonds. The van der Waals surface area contributed by atoms with Gasteiger partial charge in [-0.1, -0.05) is 59.8 Å². The Hall–Kier alpha value is -2.71. The third kappa shape index (κ3) is 4.88. The van der Waals surface area contributed by atoms with E-state index in [0.717, 1.165) is 38.4 Å². The van der Waals surface area contributed by atoms with E-state index < -0.39 is 0 Å². The van der Waals surface area contributed by atoms with E-state index in [1.807, 2.05) is 49.1 Å². The molecule has 0 aliphatic carbocycles. The van der Waals surface area contributed by atoms with Crippen LogP contribution in [0.3, 0.4) is 0 Å². The van der Waals surface area contributed by atoms with E-state index in [0.29, 0.717) is 5.16 Å². The molecule has 0 saturated carbocycles. The van der Waals surface area contributed by atoms with Gasteiger partial charge in [0.1, 0.15) is 0 Å². The molecule has 2 heterocycles. The van der Waals surface area contributed by atoms with E-state index in [1.54, 1.807) is 4.68 Å². The first-order chi connectivity index (χ1) is 14.6. The number of rotatable bonds is 6. The molecule has 1 aromatic heterocycles. The van der Waals surface area contributed by atoms with Crippen molar-refractivity contribution in [2.75, 3.05) is 26.2 Å². The average molecular weight is 423 g/mol. The van der Waals surface area contributed by atoms with Crippen LogP contribution in [0.4, 0.5) is 0 Å². The second-order valence-corrected chi connectivity index (χ2v) is 8.86. The fraction of sp³-hybridized carbons (Fsp3) is 0.364. The molecule has 4 rings (SSSR count). The van der Waals surface area contributed by atoms with Crippen LogP contribution in [-0.4, -0.2) is 67.3 Å². The number of carbonyl (C=O) groups is 1. The molecule has 8 heteroatoms. The predicted octanol–water partition coefficient (Wildman–Crippen LogP) is 2.80. The number of hydrogen-bond acceptors (Lipinski definition) is 6. The van der Waals surface area contributed by atoms with Gasteiger partial charge in [0.2, 0.25) is 11.1 Å². The first-order valence-corrected chi connectivity index (χ1v) is 11.1. The number of amides is 1. The maximum absolute atomic E-state index is 13.0. The lowest BCUT2D eigenvalue weighted by Gasteiger charge is -2.35. The van der Waals surface area contributed by atoms with Crippen LogP contribution < -0.4 is 0 Å². The summed E-state index contributed by atoms with van der Waals surface area (Å²) in [5.41, 5.74) is 3.38.